The van der Waals surface area contributed by atoms with Gasteiger partial charge >= 0.3 is 0 Å². The number of nitrogens with zero attached hydrogens (tertiary/aromatic N) is 5. The Balaban J connectivity index is 1.28. The van der Waals surface area contributed by atoms with E-state index in [-0.39, 0.29) is 17.7 Å². The van der Waals surface area contributed by atoms with Gasteiger partial charge in [0.25, 0.3) is 0 Å². The summed E-state index contributed by atoms with van der Waals surface area (Å²) in [5.41, 5.74) is 4.89. The van der Waals surface area contributed by atoms with Crippen LogP contribution in [0.5, 0.6) is 0 Å². The summed E-state index contributed by atoms with van der Waals surface area (Å²) < 4.78 is 1.79. The third-order valence-corrected chi connectivity index (χ3v) is 6.32. The van der Waals surface area contributed by atoms with Crippen LogP contribution in [-0.4, -0.2) is 44.6 Å². The van der Waals surface area contributed by atoms with Crippen LogP contribution in [0.4, 0.5) is 5.69 Å². The Morgan fingerprint density at radius 1 is 1.18 bits per heavy atom. The molecule has 0 aliphatic carbocycles. The van der Waals surface area contributed by atoms with Crippen molar-refractivity contribution >= 4 is 17.5 Å². The molecule has 4 heterocycles. The third kappa shape index (κ3) is 4.66. The number of hydrogen-bond acceptors (Lipinski definition) is 5. The number of aromatic nitrogens is 3. The molecular weight excluding hydrogens is 416 g/mol. The lowest BCUT2D eigenvalue weighted by Crippen LogP contribution is -2.40. The van der Waals surface area contributed by atoms with Crippen molar-refractivity contribution in [3.8, 4) is 0 Å². The van der Waals surface area contributed by atoms with E-state index in [1.807, 2.05) is 48.5 Å². The highest BCUT2D eigenvalue weighted by Gasteiger charge is 2.33. The lowest BCUT2D eigenvalue weighted by atomic mass is 9.95. The van der Waals surface area contributed by atoms with E-state index in [4.69, 9.17) is 0 Å². The molecule has 33 heavy (non-hydrogen) atoms. The van der Waals surface area contributed by atoms with Gasteiger partial charge in [-0.15, -0.1) is 0 Å². The summed E-state index contributed by atoms with van der Waals surface area (Å²) >= 11 is 0. The number of carbonyl (C=O) groups excluding carboxylic acids is 2. The average molecular weight is 445 g/mol. The molecule has 2 amide bonds. The Morgan fingerprint density at radius 3 is 2.76 bits per heavy atom. The molecule has 1 aromatic carbocycles. The number of pyridine rings is 1. The highest BCUT2D eigenvalue weighted by Crippen LogP contribution is 2.29. The van der Waals surface area contributed by atoms with E-state index >= 15 is 0 Å². The van der Waals surface area contributed by atoms with E-state index in [1.54, 1.807) is 10.9 Å². The summed E-state index contributed by atoms with van der Waals surface area (Å²) in [6.45, 7) is 3.27. The quantitative estimate of drug-likeness (QED) is 0.631. The lowest BCUT2D eigenvalue weighted by molar-refractivity contribution is -0.123. The minimum absolute atomic E-state index is 0.0341. The summed E-state index contributed by atoms with van der Waals surface area (Å²) in [5, 5.41) is 7.62. The van der Waals surface area contributed by atoms with Crippen molar-refractivity contribution in [3.05, 3.63) is 77.4 Å². The second-order valence-corrected chi connectivity index (χ2v) is 8.79. The number of rotatable bonds is 6. The predicted molar refractivity (Wildman–Crippen MR) is 124 cm³/mol. The van der Waals surface area contributed by atoms with Gasteiger partial charge in [-0.25, -0.2) is 0 Å². The van der Waals surface area contributed by atoms with Gasteiger partial charge in [-0.2, -0.15) is 5.10 Å². The van der Waals surface area contributed by atoms with Crippen LogP contribution in [0.15, 0.2) is 54.9 Å². The van der Waals surface area contributed by atoms with E-state index in [9.17, 15) is 9.59 Å². The molecule has 0 radical (unpaired) electrons. The van der Waals surface area contributed by atoms with Crippen LogP contribution in [0.1, 0.15) is 41.3 Å². The van der Waals surface area contributed by atoms with Crippen molar-refractivity contribution < 1.29 is 9.59 Å². The van der Waals surface area contributed by atoms with Crippen molar-refractivity contribution in [2.45, 2.75) is 38.4 Å². The van der Waals surface area contributed by atoms with Gasteiger partial charge in [0.15, 0.2) is 0 Å². The standard InChI is InChI=1S/C25H28N6O2/c1-29-15-19-16-30(14-18-7-9-21(10-8-18)31-12-4-6-23(31)32)17-22(24(19)28-29)25(33)27-13-20-5-2-3-11-26-20/h2-3,5,7-11,15,22H,4,6,12-14,16-17H2,1H3,(H,27,33). The molecule has 1 N–H and O–H groups in total. The number of hydrogen-bond donors (Lipinski definition) is 1. The number of benzene rings is 1. The van der Waals surface area contributed by atoms with Crippen molar-refractivity contribution in [2.75, 3.05) is 18.0 Å². The number of anilines is 1. The fourth-order valence-electron chi connectivity index (χ4n) is 4.71. The lowest BCUT2D eigenvalue weighted by Gasteiger charge is -2.31. The Labute approximate surface area is 193 Å². The molecule has 3 aromatic rings. The van der Waals surface area contributed by atoms with Gasteiger partial charge in [0.05, 0.1) is 23.9 Å². The van der Waals surface area contributed by atoms with Gasteiger partial charge in [-0.05, 0) is 36.2 Å². The summed E-state index contributed by atoms with van der Waals surface area (Å²) in [4.78, 5) is 33.5. The SMILES string of the molecule is Cn1cc2c(n1)C(C(=O)NCc1ccccn1)CN(Cc1ccc(N3CCCC3=O)cc1)C2. The van der Waals surface area contributed by atoms with Crippen molar-refractivity contribution in [2.24, 2.45) is 7.05 Å². The second kappa shape index (κ2) is 9.15. The van der Waals surface area contributed by atoms with E-state index in [2.05, 4.69) is 32.4 Å². The van der Waals surface area contributed by atoms with E-state index in [1.165, 1.54) is 0 Å². The number of aryl methyl sites for hydroxylation is 1. The van der Waals surface area contributed by atoms with Crippen LogP contribution < -0.4 is 10.2 Å². The predicted octanol–water partition coefficient (Wildman–Crippen LogP) is 2.36. The van der Waals surface area contributed by atoms with Crippen LogP contribution in [0, 0.1) is 0 Å². The topological polar surface area (TPSA) is 83.4 Å². The molecule has 2 aliphatic rings. The number of nitrogens with one attached hydrogen (secondary N) is 1. The van der Waals surface area contributed by atoms with Crippen molar-refractivity contribution in [1.82, 2.24) is 25.0 Å². The molecule has 1 fully saturated rings. The molecule has 2 aromatic heterocycles. The molecule has 0 bridgehead atoms. The van der Waals surface area contributed by atoms with Gasteiger partial charge in [-0.3, -0.25) is 24.2 Å². The zero-order valence-electron chi connectivity index (χ0n) is 18.8. The van der Waals surface area contributed by atoms with Gasteiger partial charge < -0.3 is 10.2 Å². The molecule has 8 heteroatoms. The molecule has 5 rings (SSSR count). The van der Waals surface area contributed by atoms with Gasteiger partial charge in [0.2, 0.25) is 11.8 Å². The fourth-order valence-corrected chi connectivity index (χ4v) is 4.71. The van der Waals surface area contributed by atoms with E-state index in [0.29, 0.717) is 19.5 Å². The molecule has 1 saturated heterocycles. The molecule has 0 saturated carbocycles. The third-order valence-electron chi connectivity index (χ3n) is 6.32. The molecule has 8 nitrogen and oxygen atoms in total. The smallest absolute Gasteiger partial charge is 0.230 e. The highest BCUT2D eigenvalue weighted by molar-refractivity contribution is 5.95. The van der Waals surface area contributed by atoms with Crippen molar-refractivity contribution in [1.29, 1.82) is 0 Å². The largest absolute Gasteiger partial charge is 0.350 e. The summed E-state index contributed by atoms with van der Waals surface area (Å²) in [6, 6.07) is 13.9. The highest BCUT2D eigenvalue weighted by atomic mass is 16.2. The Morgan fingerprint density at radius 2 is 2.03 bits per heavy atom. The zero-order valence-corrected chi connectivity index (χ0v) is 18.8. The first-order valence-corrected chi connectivity index (χ1v) is 11.4. The molecule has 1 unspecified atom stereocenters. The number of fused-ring (bicyclic) bond motifs is 1. The van der Waals surface area contributed by atoms with Crippen LogP contribution in [0.3, 0.4) is 0 Å². The van der Waals surface area contributed by atoms with E-state index < -0.39 is 0 Å². The first-order valence-electron chi connectivity index (χ1n) is 11.4. The molecule has 170 valence electrons. The van der Waals surface area contributed by atoms with Crippen molar-refractivity contribution in [3.63, 3.8) is 0 Å². The van der Waals surface area contributed by atoms with Crippen LogP contribution in [0.25, 0.3) is 0 Å². The van der Waals surface area contributed by atoms with E-state index in [0.717, 1.165) is 54.3 Å². The van der Waals surface area contributed by atoms with Crippen LogP contribution in [-0.2, 0) is 36.3 Å². The monoisotopic (exact) mass is 444 g/mol. The molecular formula is C25H28N6O2. The van der Waals surface area contributed by atoms with Gasteiger partial charge in [-0.1, -0.05) is 18.2 Å². The fraction of sp³-hybridized carbons (Fsp3) is 0.360. The van der Waals surface area contributed by atoms with Gasteiger partial charge in [0.1, 0.15) is 0 Å². The summed E-state index contributed by atoms with van der Waals surface area (Å²) in [6.07, 6.45) is 5.28. The van der Waals surface area contributed by atoms with Crippen LogP contribution in [0.2, 0.25) is 0 Å². The normalized spacial score (nSPS) is 18.4. The summed E-state index contributed by atoms with van der Waals surface area (Å²) in [5.74, 6) is -0.171. The molecule has 0 spiro atoms. The number of amides is 2. The maximum Gasteiger partial charge on any atom is 0.230 e. The van der Waals surface area contributed by atoms with Crippen LogP contribution >= 0.6 is 0 Å². The molecule has 2 aliphatic heterocycles. The van der Waals surface area contributed by atoms with Gasteiger partial charge in [0, 0.05) is 63.3 Å². The Kier molecular flexibility index (Phi) is 5.92. The maximum atomic E-state index is 13.1. The Bertz CT molecular complexity index is 1140. The average Bonchev–Trinajstić information content (AvgIpc) is 3.42. The maximum absolute atomic E-state index is 13.1. The minimum atomic E-state index is -0.333. The minimum Gasteiger partial charge on any atom is -0.350 e. The zero-order chi connectivity index (χ0) is 22.8. The Hall–Kier alpha value is -3.52. The second-order valence-electron chi connectivity index (χ2n) is 8.79. The number of carbonyl (C=O) groups is 2. The first-order chi connectivity index (χ1) is 16.1. The molecule has 1 atom stereocenters. The summed E-state index contributed by atoms with van der Waals surface area (Å²) in [7, 11) is 1.89. The first kappa shape index (κ1) is 21.3.